The standard InChI is InChI=1S/C8H6O4.Bi.ClH/c9-7(10)5-1-2-6(4-3-5)8(11)12;;/h1-4H,(H,9,10)(H,11,12);;1H/q;+3;/p-3. The zero-order valence-corrected chi connectivity index (χ0v) is 11.0. The molecule has 0 fully saturated rings. The molecule has 0 spiro atoms. The van der Waals surface area contributed by atoms with Crippen molar-refractivity contribution in [3.63, 3.8) is 0 Å². The van der Waals surface area contributed by atoms with Crippen molar-refractivity contribution in [3.05, 3.63) is 35.4 Å². The fourth-order valence-corrected chi connectivity index (χ4v) is 4.07. The zero-order chi connectivity index (χ0) is 10.1. The molecule has 1 aromatic carbocycles. The number of carbonyl (C=O) groups excluding carboxylic acids is 2. The van der Waals surface area contributed by atoms with Crippen LogP contribution in [0.5, 0.6) is 0 Å². The topological polar surface area (TPSA) is 52.6 Å². The summed E-state index contributed by atoms with van der Waals surface area (Å²) < 4.78 is 9.61. The van der Waals surface area contributed by atoms with E-state index >= 15 is 0 Å². The molecule has 2 bridgehead atoms. The van der Waals surface area contributed by atoms with Crippen molar-refractivity contribution in [2.45, 2.75) is 0 Å². The van der Waals surface area contributed by atoms with E-state index < -0.39 is 33.4 Å². The second-order valence-electron chi connectivity index (χ2n) is 2.55. The molecule has 4 nitrogen and oxygen atoms in total. The van der Waals surface area contributed by atoms with Crippen LogP contribution in [0.3, 0.4) is 0 Å². The Labute approximate surface area is 92.2 Å². The Morgan fingerprint density at radius 3 is 1.64 bits per heavy atom. The van der Waals surface area contributed by atoms with Crippen LogP contribution in [0.15, 0.2) is 24.3 Å². The molecule has 14 heavy (non-hydrogen) atoms. The number of fused-ring (bicyclic) bond motifs is 6. The Hall–Kier alpha value is -0.667. The van der Waals surface area contributed by atoms with E-state index in [9.17, 15) is 9.59 Å². The van der Waals surface area contributed by atoms with Crippen LogP contribution in [0.2, 0.25) is 0 Å². The molecule has 72 valence electrons. The summed E-state index contributed by atoms with van der Waals surface area (Å²) in [4.78, 5) is 22.6. The van der Waals surface area contributed by atoms with Crippen molar-refractivity contribution in [1.82, 2.24) is 0 Å². The van der Waals surface area contributed by atoms with E-state index in [0.717, 1.165) is 0 Å². The molecule has 0 saturated carbocycles. The summed E-state index contributed by atoms with van der Waals surface area (Å²) in [6.07, 6.45) is 0. The number of carbonyl (C=O) groups is 2. The first-order valence-corrected chi connectivity index (χ1v) is 10.8. The Bertz CT molecular complexity index is 352. The third-order valence-corrected chi connectivity index (χ3v) is 5.28. The fourth-order valence-electron chi connectivity index (χ4n) is 0.997. The number of benzene rings is 1. The van der Waals surface area contributed by atoms with Crippen molar-refractivity contribution in [2.24, 2.45) is 0 Å². The fraction of sp³-hybridized carbons (Fsp3) is 0. The van der Waals surface area contributed by atoms with Crippen LogP contribution in [0, 0.1) is 0 Å². The van der Waals surface area contributed by atoms with Gasteiger partial charge in [0.2, 0.25) is 0 Å². The molecule has 0 amide bonds. The molecule has 0 unspecified atom stereocenters. The summed E-state index contributed by atoms with van der Waals surface area (Å²) in [5.41, 5.74) is 0.764. The van der Waals surface area contributed by atoms with Gasteiger partial charge in [0.05, 0.1) is 0 Å². The van der Waals surface area contributed by atoms with Crippen LogP contribution >= 0.6 is 8.51 Å². The summed E-state index contributed by atoms with van der Waals surface area (Å²) in [6, 6.07) is 6.05. The second kappa shape index (κ2) is 3.83. The predicted octanol–water partition coefficient (Wildman–Crippen LogP) is 1.24. The average Bonchev–Trinajstić information content (AvgIpc) is 2.23. The number of hydrogen-bond donors (Lipinski definition) is 0. The van der Waals surface area contributed by atoms with Crippen molar-refractivity contribution in [2.75, 3.05) is 0 Å². The van der Waals surface area contributed by atoms with Crippen LogP contribution in [-0.2, 0) is 5.63 Å². The zero-order valence-electron chi connectivity index (χ0n) is 6.77. The van der Waals surface area contributed by atoms with E-state index in [2.05, 4.69) is 0 Å². The van der Waals surface area contributed by atoms with Gasteiger partial charge in [0.25, 0.3) is 0 Å². The Kier molecular flexibility index (Phi) is 2.70. The van der Waals surface area contributed by atoms with Gasteiger partial charge in [0.1, 0.15) is 0 Å². The molecular weight excluding hydrogens is 405 g/mol. The molecule has 2 aliphatic rings. The van der Waals surface area contributed by atoms with Gasteiger partial charge in [-0.05, 0) is 0 Å². The van der Waals surface area contributed by atoms with Crippen molar-refractivity contribution in [1.29, 1.82) is 0 Å². The van der Waals surface area contributed by atoms with E-state index in [1.54, 1.807) is 0 Å². The monoisotopic (exact) mass is 408 g/mol. The van der Waals surface area contributed by atoms with E-state index in [1.165, 1.54) is 24.3 Å². The summed E-state index contributed by atoms with van der Waals surface area (Å²) in [7, 11) is 5.65. The quantitative estimate of drug-likeness (QED) is 0.606. The molecular formula is C8H4BiClO4. The minimum atomic E-state index is -3.32. The SMILES string of the molecule is O=C1[O][Bi]([Cl])[O]C(=O)c2ccc1cc2. The van der Waals surface area contributed by atoms with Crippen LogP contribution in [0.1, 0.15) is 20.7 Å². The molecule has 3 rings (SSSR count). The van der Waals surface area contributed by atoms with Gasteiger partial charge in [-0.3, -0.25) is 0 Å². The van der Waals surface area contributed by atoms with E-state index in [4.69, 9.17) is 14.1 Å². The Balaban J connectivity index is 2.45. The maximum absolute atomic E-state index is 11.3. The molecule has 1 aromatic rings. The Morgan fingerprint density at radius 1 is 0.929 bits per heavy atom. The third kappa shape index (κ3) is 1.89. The molecule has 0 radical (unpaired) electrons. The Morgan fingerprint density at radius 2 is 1.29 bits per heavy atom. The van der Waals surface area contributed by atoms with Crippen LogP contribution in [0.4, 0.5) is 0 Å². The summed E-state index contributed by atoms with van der Waals surface area (Å²) in [5, 5.41) is 0. The maximum atomic E-state index is 11.3. The summed E-state index contributed by atoms with van der Waals surface area (Å²) in [5.74, 6) is -1.06. The minimum absolute atomic E-state index is 0.382. The van der Waals surface area contributed by atoms with E-state index in [0.29, 0.717) is 11.1 Å². The summed E-state index contributed by atoms with van der Waals surface area (Å²) >= 11 is -3.32. The van der Waals surface area contributed by atoms with Crippen LogP contribution in [0.25, 0.3) is 0 Å². The van der Waals surface area contributed by atoms with Crippen LogP contribution in [-0.4, -0.2) is 33.4 Å². The molecule has 2 aliphatic heterocycles. The molecule has 0 saturated heterocycles. The van der Waals surface area contributed by atoms with Crippen molar-refractivity contribution >= 4 is 41.9 Å². The number of hydrogen-bond acceptors (Lipinski definition) is 4. The van der Waals surface area contributed by atoms with Gasteiger partial charge in [0, 0.05) is 0 Å². The van der Waals surface area contributed by atoms with Gasteiger partial charge >= 0.3 is 92.5 Å². The van der Waals surface area contributed by atoms with Crippen molar-refractivity contribution < 1.29 is 15.2 Å². The molecule has 0 atom stereocenters. The molecule has 6 heteroatoms. The predicted molar refractivity (Wildman–Crippen MR) is 48.9 cm³/mol. The summed E-state index contributed by atoms with van der Waals surface area (Å²) in [6.45, 7) is 0. The first kappa shape index (κ1) is 9.87. The van der Waals surface area contributed by atoms with Gasteiger partial charge in [-0.25, -0.2) is 0 Å². The van der Waals surface area contributed by atoms with E-state index in [-0.39, 0.29) is 0 Å². The molecule has 0 aromatic heterocycles. The number of rotatable bonds is 0. The van der Waals surface area contributed by atoms with Crippen LogP contribution < -0.4 is 0 Å². The van der Waals surface area contributed by atoms with Gasteiger partial charge in [0.15, 0.2) is 0 Å². The average molecular weight is 409 g/mol. The molecule has 0 N–H and O–H groups in total. The van der Waals surface area contributed by atoms with Gasteiger partial charge in [-0.2, -0.15) is 0 Å². The van der Waals surface area contributed by atoms with E-state index in [1.807, 2.05) is 0 Å². The normalized spacial score (nSPS) is 16.6. The molecule has 0 aliphatic carbocycles. The first-order valence-electron chi connectivity index (χ1n) is 3.67. The van der Waals surface area contributed by atoms with Gasteiger partial charge in [-0.1, -0.05) is 0 Å². The first-order chi connectivity index (χ1) is 6.66. The number of halogens is 1. The second-order valence-corrected chi connectivity index (χ2v) is 8.04. The third-order valence-electron chi connectivity index (χ3n) is 1.67. The van der Waals surface area contributed by atoms with Gasteiger partial charge in [-0.15, -0.1) is 0 Å². The molecule has 2 heterocycles. The van der Waals surface area contributed by atoms with Gasteiger partial charge < -0.3 is 0 Å². The van der Waals surface area contributed by atoms with Crippen molar-refractivity contribution in [3.8, 4) is 0 Å².